The van der Waals surface area contributed by atoms with E-state index in [4.69, 9.17) is 0 Å². The van der Waals surface area contributed by atoms with E-state index in [9.17, 15) is 26.1 Å². The van der Waals surface area contributed by atoms with Gasteiger partial charge in [-0.25, -0.2) is 0 Å². The van der Waals surface area contributed by atoms with Crippen LogP contribution in [0.4, 0.5) is 26.1 Å². The van der Waals surface area contributed by atoms with Gasteiger partial charge in [0.15, 0.2) is 0 Å². The number of hydrogen-bond acceptors (Lipinski definition) is 2. The summed E-state index contributed by atoms with van der Waals surface area (Å²) in [4.78, 5) is 0. The molecule has 0 aliphatic rings. The van der Waals surface area contributed by atoms with Crippen LogP contribution in [0.5, 0.6) is 0 Å². The molecule has 0 aliphatic carbocycles. The molecule has 0 radical (unpaired) electrons. The predicted molar refractivity (Wildman–Crippen MR) is 59.3 cm³/mol. The highest BCUT2D eigenvalue weighted by atomic mass is 19.4. The van der Waals surface area contributed by atoms with E-state index in [-0.39, 0.29) is 6.54 Å². The van der Waals surface area contributed by atoms with Gasteiger partial charge in [0.1, 0.15) is 0 Å². The lowest BCUT2D eigenvalue weighted by Gasteiger charge is -2.08. The van der Waals surface area contributed by atoms with Gasteiger partial charge in [0.05, 0.1) is 12.1 Å². The van der Waals surface area contributed by atoms with Crippen molar-refractivity contribution in [2.45, 2.75) is 12.7 Å². The lowest BCUT2D eigenvalue weighted by atomic mass is 9.87. The Morgan fingerprint density at radius 2 is 1.65 bits per heavy atom. The van der Waals surface area contributed by atoms with E-state index < -0.39 is 24.3 Å². The monoisotopic (exact) mass is 294 g/mol. The summed E-state index contributed by atoms with van der Waals surface area (Å²) >= 11 is 0. The van der Waals surface area contributed by atoms with Crippen LogP contribution in [0.25, 0.3) is 0 Å². The number of nitrogens with zero attached hydrogens (tertiary/aromatic N) is 3. The lowest BCUT2D eigenvalue weighted by Crippen LogP contribution is -2.35. The van der Waals surface area contributed by atoms with Crippen LogP contribution in [-0.4, -0.2) is 22.0 Å². The molecule has 0 spiro atoms. The van der Waals surface area contributed by atoms with Gasteiger partial charge in [-0.3, -0.25) is 4.68 Å². The van der Waals surface area contributed by atoms with Gasteiger partial charge < -0.3 is 12.9 Å². The van der Waals surface area contributed by atoms with Crippen molar-refractivity contribution < 1.29 is 26.1 Å². The first-order valence-electron chi connectivity index (χ1n) is 5.42. The maximum Gasteiger partial charge on any atom is 0.531 e. The summed E-state index contributed by atoms with van der Waals surface area (Å²) < 4.78 is 75.0. The number of alkyl halides is 3. The summed E-state index contributed by atoms with van der Waals surface area (Å²) in [5.74, 6) is 0. The molecule has 0 fully saturated rings. The molecule has 1 aromatic carbocycles. The van der Waals surface area contributed by atoms with Crippen LogP contribution >= 0.6 is 0 Å². The molecule has 0 saturated heterocycles. The first-order chi connectivity index (χ1) is 9.16. The topological polar surface area (TPSA) is 30.7 Å². The molecule has 10 heteroatoms. The Morgan fingerprint density at radius 3 is 2.10 bits per heavy atom. The van der Waals surface area contributed by atoms with E-state index in [2.05, 4.69) is 10.3 Å². The molecule has 108 valence electrons. The third-order valence-electron chi connectivity index (χ3n) is 2.52. The second-order valence-corrected chi connectivity index (χ2v) is 4.11. The highest BCUT2D eigenvalue weighted by Gasteiger charge is 2.30. The molecule has 0 unspecified atom stereocenters. The zero-order valence-corrected chi connectivity index (χ0v) is 9.78. The highest BCUT2D eigenvalue weighted by Crippen LogP contribution is 2.29. The van der Waals surface area contributed by atoms with Gasteiger partial charge in [-0.2, -0.15) is 18.3 Å². The smallest absolute Gasteiger partial charge is 0.444 e. The number of halogens is 6. The average Bonchev–Trinajstić information content (AvgIpc) is 2.77. The number of rotatable bonds is 3. The van der Waals surface area contributed by atoms with Gasteiger partial charge in [0.25, 0.3) is 0 Å². The van der Waals surface area contributed by atoms with Crippen molar-refractivity contribution in [2.24, 2.45) is 0 Å². The Kier molecular flexibility index (Phi) is 3.49. The number of hydrogen-bond donors (Lipinski definition) is 0. The fraction of sp³-hybridized carbons (Fsp3) is 0.200. The molecule has 20 heavy (non-hydrogen) atoms. The molecule has 2 rings (SSSR count). The summed E-state index contributed by atoms with van der Waals surface area (Å²) in [6, 6.07) is 4.09. The number of benzene rings is 1. The summed E-state index contributed by atoms with van der Waals surface area (Å²) in [6.07, 6.45) is -3.73. The van der Waals surface area contributed by atoms with E-state index in [1.807, 2.05) is 0 Å². The van der Waals surface area contributed by atoms with E-state index in [0.717, 1.165) is 23.0 Å². The lowest BCUT2D eigenvalue weighted by molar-refractivity contribution is -0.137. The van der Waals surface area contributed by atoms with E-state index in [1.165, 1.54) is 12.1 Å². The van der Waals surface area contributed by atoms with Crippen molar-refractivity contribution in [2.75, 3.05) is 0 Å². The summed E-state index contributed by atoms with van der Waals surface area (Å²) in [5.41, 5.74) is -1.51. The van der Waals surface area contributed by atoms with Crippen molar-refractivity contribution in [3.05, 3.63) is 41.6 Å². The van der Waals surface area contributed by atoms with Crippen LogP contribution in [0.1, 0.15) is 11.1 Å². The molecular weight excluding hydrogens is 287 g/mol. The second-order valence-electron chi connectivity index (χ2n) is 4.11. The van der Waals surface area contributed by atoms with Gasteiger partial charge in [0, 0.05) is 11.8 Å². The fourth-order valence-corrected chi connectivity index (χ4v) is 1.53. The fourth-order valence-electron chi connectivity index (χ4n) is 1.53. The summed E-state index contributed by atoms with van der Waals surface area (Å²) in [7, 11) is 0. The first-order valence-corrected chi connectivity index (χ1v) is 5.42. The van der Waals surface area contributed by atoms with Gasteiger partial charge in [-0.1, -0.05) is 17.3 Å². The third kappa shape index (κ3) is 3.31. The Hall–Kier alpha value is -2.00. The Balaban J connectivity index is 2.13. The minimum Gasteiger partial charge on any atom is -0.444 e. The molecule has 0 saturated carbocycles. The normalized spacial score (nSPS) is 12.7. The van der Waals surface area contributed by atoms with Crippen molar-refractivity contribution in [1.82, 2.24) is 15.0 Å². The molecule has 1 aromatic heterocycles. The third-order valence-corrected chi connectivity index (χ3v) is 2.52. The van der Waals surface area contributed by atoms with Crippen LogP contribution in [0, 0.1) is 0 Å². The SMILES string of the molecule is F[B-](F)(F)c1cn(Cc2ccc(C(F)(F)F)cc2)nn1. The standard InChI is InChI=1S/C10H7BF6N3/c12-10(13,14)8-3-1-7(2-4-8)5-20-6-9(18-19-20)11(15,16)17/h1-4,6H,5H2/q-1. The Labute approximate surface area is 109 Å². The Morgan fingerprint density at radius 1 is 1.05 bits per heavy atom. The molecule has 0 bridgehead atoms. The summed E-state index contributed by atoms with van der Waals surface area (Å²) in [6.45, 7) is -5.32. The van der Waals surface area contributed by atoms with E-state index >= 15 is 0 Å². The molecule has 0 N–H and O–H groups in total. The molecule has 0 aliphatic heterocycles. The van der Waals surface area contributed by atoms with Crippen LogP contribution in [0.2, 0.25) is 0 Å². The zero-order chi connectivity index (χ0) is 15.0. The largest absolute Gasteiger partial charge is 0.531 e. The van der Waals surface area contributed by atoms with Gasteiger partial charge in [-0.15, -0.1) is 0 Å². The van der Waals surface area contributed by atoms with Crippen LogP contribution < -0.4 is 5.59 Å². The van der Waals surface area contributed by atoms with Crippen LogP contribution in [0.15, 0.2) is 30.5 Å². The first kappa shape index (κ1) is 14.4. The van der Waals surface area contributed by atoms with Gasteiger partial charge in [-0.05, 0) is 17.7 Å². The second kappa shape index (κ2) is 4.84. The maximum atomic E-state index is 12.3. The molecule has 2 aromatic rings. The number of aromatic nitrogens is 3. The molecule has 3 nitrogen and oxygen atoms in total. The quantitative estimate of drug-likeness (QED) is 0.643. The van der Waals surface area contributed by atoms with Crippen molar-refractivity contribution in [3.8, 4) is 0 Å². The van der Waals surface area contributed by atoms with Crippen LogP contribution in [0.3, 0.4) is 0 Å². The predicted octanol–water partition coefficient (Wildman–Crippen LogP) is 2.40. The minimum absolute atomic E-state index is 0.0860. The highest BCUT2D eigenvalue weighted by molar-refractivity contribution is 6.72. The molecule has 0 amide bonds. The van der Waals surface area contributed by atoms with Crippen molar-refractivity contribution >= 4 is 12.6 Å². The van der Waals surface area contributed by atoms with Gasteiger partial charge >= 0.3 is 13.2 Å². The minimum atomic E-state index is -5.23. The van der Waals surface area contributed by atoms with Gasteiger partial charge in [0.2, 0.25) is 0 Å². The molecule has 0 atom stereocenters. The zero-order valence-electron chi connectivity index (χ0n) is 9.78. The Bertz CT molecular complexity index is 586. The van der Waals surface area contributed by atoms with Crippen molar-refractivity contribution in [3.63, 3.8) is 0 Å². The molecule has 1 heterocycles. The van der Waals surface area contributed by atoms with E-state index in [0.29, 0.717) is 5.56 Å². The van der Waals surface area contributed by atoms with Crippen LogP contribution in [-0.2, 0) is 12.7 Å². The maximum absolute atomic E-state index is 12.3. The van der Waals surface area contributed by atoms with Crippen molar-refractivity contribution in [1.29, 1.82) is 0 Å². The summed E-state index contributed by atoms with van der Waals surface area (Å²) in [5, 5.41) is 6.27. The van der Waals surface area contributed by atoms with E-state index in [1.54, 1.807) is 0 Å². The molecular formula is C10H7BF6N3-. The average molecular weight is 294 g/mol.